The van der Waals surface area contributed by atoms with Crippen molar-refractivity contribution in [2.24, 2.45) is 0 Å². The molecule has 2 heterocycles. The van der Waals surface area contributed by atoms with Crippen LogP contribution in [0.15, 0.2) is 65.6 Å². The molecule has 1 fully saturated rings. The minimum Gasteiger partial charge on any atom is -0.489 e. The molecule has 0 aliphatic carbocycles. The van der Waals surface area contributed by atoms with Gasteiger partial charge in [-0.2, -0.15) is 0 Å². The van der Waals surface area contributed by atoms with E-state index in [1.54, 1.807) is 29.0 Å². The lowest BCUT2D eigenvalue weighted by Gasteiger charge is -2.26. The van der Waals surface area contributed by atoms with E-state index < -0.39 is 0 Å². The first-order valence-electron chi connectivity index (χ1n) is 10.9. The molecule has 2 N–H and O–H groups in total. The fourth-order valence-corrected chi connectivity index (χ4v) is 3.79. The number of anilines is 1. The van der Waals surface area contributed by atoms with Crippen molar-refractivity contribution >= 4 is 23.5 Å². The second-order valence-electron chi connectivity index (χ2n) is 7.78. The first-order valence-corrected chi connectivity index (χ1v) is 11.3. The molecule has 0 unspecified atom stereocenters. The molecule has 8 heteroatoms. The number of pyridine rings is 1. The van der Waals surface area contributed by atoms with Gasteiger partial charge in [0.2, 0.25) is 0 Å². The first kappa shape index (κ1) is 23.0. The van der Waals surface area contributed by atoms with E-state index in [0.29, 0.717) is 23.1 Å². The molecule has 7 nitrogen and oxygen atoms in total. The second-order valence-corrected chi connectivity index (χ2v) is 8.22. The molecule has 0 saturated carbocycles. The maximum absolute atomic E-state index is 12.7. The van der Waals surface area contributed by atoms with Crippen LogP contribution in [-0.2, 0) is 11.3 Å². The molecule has 0 atom stereocenters. The Balaban J connectivity index is 1.40. The van der Waals surface area contributed by atoms with Crippen molar-refractivity contribution in [1.29, 1.82) is 5.41 Å². The molecule has 0 amide bonds. The van der Waals surface area contributed by atoms with E-state index in [4.69, 9.17) is 26.5 Å². The molecular formula is C25H27ClN4O3. The summed E-state index contributed by atoms with van der Waals surface area (Å²) in [6.45, 7) is 5.49. The summed E-state index contributed by atoms with van der Waals surface area (Å²) in [6, 6.07) is 16.2. The summed E-state index contributed by atoms with van der Waals surface area (Å²) in [6.07, 6.45) is 2.99. The van der Waals surface area contributed by atoms with Gasteiger partial charge in [0.25, 0.3) is 5.56 Å². The summed E-state index contributed by atoms with van der Waals surface area (Å²) in [5, 5.41) is 11.9. The number of morpholine rings is 1. The summed E-state index contributed by atoms with van der Waals surface area (Å²) in [7, 11) is 0. The maximum atomic E-state index is 12.7. The van der Waals surface area contributed by atoms with Crippen molar-refractivity contribution in [2.45, 2.75) is 6.61 Å². The normalized spacial score (nSPS) is 14.1. The predicted molar refractivity (Wildman–Crippen MR) is 131 cm³/mol. The zero-order chi connectivity index (χ0) is 23.0. The van der Waals surface area contributed by atoms with E-state index in [2.05, 4.69) is 10.2 Å². The van der Waals surface area contributed by atoms with Gasteiger partial charge in [0.05, 0.1) is 13.2 Å². The Kier molecular flexibility index (Phi) is 7.78. The molecule has 1 aliphatic rings. The molecular weight excluding hydrogens is 440 g/mol. The molecule has 3 aromatic rings. The number of hydrogen-bond donors (Lipinski definition) is 2. The van der Waals surface area contributed by atoms with Crippen molar-refractivity contribution in [3.8, 4) is 11.4 Å². The van der Waals surface area contributed by atoms with Gasteiger partial charge in [-0.25, -0.2) is 0 Å². The average molecular weight is 467 g/mol. The Labute approximate surface area is 198 Å². The van der Waals surface area contributed by atoms with Crippen molar-refractivity contribution < 1.29 is 9.47 Å². The number of rotatable bonds is 9. The number of aromatic nitrogens is 1. The molecule has 4 rings (SSSR count). The van der Waals surface area contributed by atoms with Crippen molar-refractivity contribution in [1.82, 2.24) is 9.47 Å². The van der Waals surface area contributed by atoms with Gasteiger partial charge in [-0.1, -0.05) is 23.7 Å². The van der Waals surface area contributed by atoms with Crippen molar-refractivity contribution in [3.05, 3.63) is 87.3 Å². The number of benzene rings is 2. The standard InChI is InChI=1S/C25H27ClN4O3/c26-21-3-1-19(2-4-21)18-33-23-7-9-30(25(31)16-23)22-5-6-24(20(15-22)17-27)28-8-10-29-11-13-32-14-12-29/h1-7,9,15-17,27-28H,8,10-14,18H2. The van der Waals surface area contributed by atoms with Crippen LogP contribution >= 0.6 is 11.6 Å². The Morgan fingerprint density at radius 2 is 1.88 bits per heavy atom. The lowest BCUT2D eigenvalue weighted by atomic mass is 10.1. The van der Waals surface area contributed by atoms with Gasteiger partial charge < -0.3 is 20.2 Å². The highest BCUT2D eigenvalue weighted by molar-refractivity contribution is 6.30. The largest absolute Gasteiger partial charge is 0.489 e. The lowest BCUT2D eigenvalue weighted by molar-refractivity contribution is 0.0398. The highest BCUT2D eigenvalue weighted by Gasteiger charge is 2.10. The first-order chi connectivity index (χ1) is 16.1. The van der Waals surface area contributed by atoms with Gasteiger partial charge in [-0.05, 0) is 42.0 Å². The van der Waals surface area contributed by atoms with Crippen LogP contribution in [0, 0.1) is 5.41 Å². The van der Waals surface area contributed by atoms with E-state index in [0.717, 1.165) is 56.2 Å². The van der Waals surface area contributed by atoms with Gasteiger partial charge in [0, 0.05) is 66.6 Å². The molecule has 1 aromatic heterocycles. The quantitative estimate of drug-likeness (QED) is 0.469. The fourth-order valence-electron chi connectivity index (χ4n) is 3.67. The van der Waals surface area contributed by atoms with E-state index in [1.165, 1.54) is 12.3 Å². The molecule has 1 saturated heterocycles. The topological polar surface area (TPSA) is 79.6 Å². The average Bonchev–Trinajstić information content (AvgIpc) is 2.85. The van der Waals surface area contributed by atoms with Crippen LogP contribution in [-0.4, -0.2) is 55.1 Å². The fraction of sp³-hybridized carbons (Fsp3) is 0.280. The van der Waals surface area contributed by atoms with E-state index in [9.17, 15) is 4.79 Å². The summed E-state index contributed by atoms with van der Waals surface area (Å²) in [4.78, 5) is 15.1. The summed E-state index contributed by atoms with van der Waals surface area (Å²) >= 11 is 5.90. The van der Waals surface area contributed by atoms with Crippen LogP contribution in [0.25, 0.3) is 5.69 Å². The number of nitrogens with zero attached hydrogens (tertiary/aromatic N) is 2. The minimum atomic E-state index is -0.201. The number of halogens is 1. The number of ether oxygens (including phenoxy) is 2. The van der Waals surface area contributed by atoms with Gasteiger partial charge >= 0.3 is 0 Å². The third kappa shape index (κ3) is 6.22. The van der Waals surface area contributed by atoms with Gasteiger partial charge in [0.15, 0.2) is 0 Å². The van der Waals surface area contributed by atoms with Crippen LogP contribution in [0.4, 0.5) is 5.69 Å². The van der Waals surface area contributed by atoms with Gasteiger partial charge in [-0.3, -0.25) is 14.3 Å². The predicted octanol–water partition coefficient (Wildman–Crippen LogP) is 3.81. The van der Waals surface area contributed by atoms with Crippen LogP contribution in [0.5, 0.6) is 5.75 Å². The Bertz CT molecular complexity index is 1140. The number of hydrogen-bond acceptors (Lipinski definition) is 6. The van der Waals surface area contributed by atoms with E-state index in [1.807, 2.05) is 30.3 Å². The highest BCUT2D eigenvalue weighted by atomic mass is 35.5. The monoisotopic (exact) mass is 466 g/mol. The third-order valence-corrected chi connectivity index (χ3v) is 5.78. The SMILES string of the molecule is N=Cc1cc(-n2ccc(OCc3ccc(Cl)cc3)cc2=O)ccc1NCCN1CCOCC1. The van der Waals surface area contributed by atoms with Crippen molar-refractivity contribution in [3.63, 3.8) is 0 Å². The van der Waals surface area contributed by atoms with Crippen LogP contribution in [0.3, 0.4) is 0 Å². The summed E-state index contributed by atoms with van der Waals surface area (Å²) < 4.78 is 12.7. The molecule has 0 spiro atoms. The lowest BCUT2D eigenvalue weighted by Crippen LogP contribution is -2.39. The van der Waals surface area contributed by atoms with Gasteiger partial charge in [-0.15, -0.1) is 0 Å². The van der Waals surface area contributed by atoms with Crippen LogP contribution in [0.1, 0.15) is 11.1 Å². The molecule has 172 valence electrons. The second kappa shape index (κ2) is 11.1. The molecule has 33 heavy (non-hydrogen) atoms. The van der Waals surface area contributed by atoms with Gasteiger partial charge in [0.1, 0.15) is 12.4 Å². The van der Waals surface area contributed by atoms with Crippen LogP contribution in [0.2, 0.25) is 5.02 Å². The summed E-state index contributed by atoms with van der Waals surface area (Å²) in [5.41, 5.74) is 3.06. The van der Waals surface area contributed by atoms with E-state index in [-0.39, 0.29) is 5.56 Å². The van der Waals surface area contributed by atoms with Crippen molar-refractivity contribution in [2.75, 3.05) is 44.7 Å². The number of nitrogens with one attached hydrogen (secondary N) is 2. The zero-order valence-corrected chi connectivity index (χ0v) is 19.1. The minimum absolute atomic E-state index is 0.201. The highest BCUT2D eigenvalue weighted by Crippen LogP contribution is 2.19. The smallest absolute Gasteiger partial charge is 0.258 e. The van der Waals surface area contributed by atoms with E-state index >= 15 is 0 Å². The molecule has 0 bridgehead atoms. The third-order valence-electron chi connectivity index (χ3n) is 5.53. The maximum Gasteiger partial charge on any atom is 0.258 e. The Morgan fingerprint density at radius 3 is 2.61 bits per heavy atom. The summed E-state index contributed by atoms with van der Waals surface area (Å²) in [5.74, 6) is 0.500. The zero-order valence-electron chi connectivity index (χ0n) is 18.3. The van der Waals surface area contributed by atoms with Crippen LogP contribution < -0.4 is 15.6 Å². The molecule has 0 radical (unpaired) electrons. The molecule has 1 aliphatic heterocycles. The molecule has 2 aromatic carbocycles. The Morgan fingerprint density at radius 1 is 1.09 bits per heavy atom. The Hall–Kier alpha value is -3.13.